The number of hydrogen-bond donors (Lipinski definition) is 3. The Labute approximate surface area is 126 Å². The first-order valence-electron chi connectivity index (χ1n) is 6.30. The molecular weight excluding hydrogens is 324 g/mol. The first-order valence-corrected chi connectivity index (χ1v) is 7.09. The van der Waals surface area contributed by atoms with E-state index in [-0.39, 0.29) is 31.4 Å². The highest BCUT2D eigenvalue weighted by Crippen LogP contribution is 2.10. The molecule has 0 heterocycles. The second kappa shape index (κ2) is 7.40. The number of rotatable bonds is 6. The third-order valence-corrected chi connectivity index (χ3v) is 3.15. The fourth-order valence-electron chi connectivity index (χ4n) is 1.47. The first kappa shape index (κ1) is 16.7. The van der Waals surface area contributed by atoms with E-state index in [1.54, 1.807) is 38.1 Å². The van der Waals surface area contributed by atoms with Crippen molar-refractivity contribution in [3.05, 3.63) is 34.3 Å². The summed E-state index contributed by atoms with van der Waals surface area (Å²) >= 11 is 3.30. The van der Waals surface area contributed by atoms with Gasteiger partial charge >= 0.3 is 0 Å². The van der Waals surface area contributed by atoms with E-state index in [0.717, 1.165) is 4.47 Å². The lowest BCUT2D eigenvalue weighted by Crippen LogP contribution is -2.47. The van der Waals surface area contributed by atoms with Crippen molar-refractivity contribution in [3.8, 4) is 0 Å². The lowest BCUT2D eigenvalue weighted by Gasteiger charge is -2.23. The van der Waals surface area contributed by atoms with Gasteiger partial charge in [0.25, 0.3) is 5.91 Å². The number of benzene rings is 1. The van der Waals surface area contributed by atoms with Crippen molar-refractivity contribution in [2.75, 3.05) is 13.2 Å². The predicted octanol–water partition coefficient (Wildman–Crippen LogP) is 1.46. The molecule has 0 bridgehead atoms. The van der Waals surface area contributed by atoms with Crippen LogP contribution in [0.3, 0.4) is 0 Å². The van der Waals surface area contributed by atoms with Crippen LogP contribution in [0.25, 0.3) is 0 Å². The molecule has 0 aliphatic heterocycles. The average Bonchev–Trinajstić information content (AvgIpc) is 2.38. The highest BCUT2D eigenvalue weighted by atomic mass is 79.9. The third-order valence-electron chi connectivity index (χ3n) is 2.62. The topological polar surface area (TPSA) is 78.4 Å². The summed E-state index contributed by atoms with van der Waals surface area (Å²) in [5.41, 5.74) is -0.100. The van der Waals surface area contributed by atoms with E-state index >= 15 is 0 Å². The summed E-state index contributed by atoms with van der Waals surface area (Å²) in [5.74, 6) is -0.424. The first-order chi connectivity index (χ1) is 9.34. The average molecular weight is 343 g/mol. The second-order valence-corrected chi connectivity index (χ2v) is 6.02. The fraction of sp³-hybridized carbons (Fsp3) is 0.429. The third kappa shape index (κ3) is 5.71. The molecule has 0 saturated carbocycles. The molecule has 3 N–H and O–H groups in total. The minimum absolute atomic E-state index is 0.135. The fourth-order valence-corrected chi connectivity index (χ4v) is 1.74. The van der Waals surface area contributed by atoms with Crippen LogP contribution in [-0.2, 0) is 4.79 Å². The van der Waals surface area contributed by atoms with Gasteiger partial charge in [0.05, 0.1) is 12.1 Å². The molecular formula is C14H19BrN2O3. The Morgan fingerprint density at radius 3 is 2.40 bits per heavy atom. The van der Waals surface area contributed by atoms with Crippen molar-refractivity contribution < 1.29 is 14.7 Å². The number of aliphatic hydroxyl groups is 1. The van der Waals surface area contributed by atoms with Gasteiger partial charge in [-0.05, 0) is 38.1 Å². The molecule has 0 radical (unpaired) electrons. The van der Waals surface area contributed by atoms with Crippen molar-refractivity contribution >= 4 is 27.7 Å². The molecule has 1 rings (SSSR count). The van der Waals surface area contributed by atoms with Gasteiger partial charge in [-0.2, -0.15) is 0 Å². The number of nitrogens with one attached hydrogen (secondary N) is 2. The summed E-state index contributed by atoms with van der Waals surface area (Å²) in [6.07, 6.45) is 0.172. The quantitative estimate of drug-likeness (QED) is 0.732. The zero-order chi connectivity index (χ0) is 15.2. The van der Waals surface area contributed by atoms with E-state index in [4.69, 9.17) is 5.11 Å². The van der Waals surface area contributed by atoms with Crippen LogP contribution < -0.4 is 10.6 Å². The summed E-state index contributed by atoms with van der Waals surface area (Å²) in [5, 5.41) is 14.4. The maximum absolute atomic E-state index is 11.8. The predicted molar refractivity (Wildman–Crippen MR) is 80.4 cm³/mol. The normalized spacial score (nSPS) is 11.0. The molecule has 0 unspecified atom stereocenters. The molecule has 0 fully saturated rings. The van der Waals surface area contributed by atoms with E-state index < -0.39 is 5.54 Å². The van der Waals surface area contributed by atoms with Gasteiger partial charge in [-0.3, -0.25) is 9.59 Å². The Bertz CT molecular complexity index is 472. The van der Waals surface area contributed by atoms with Gasteiger partial charge in [-0.25, -0.2) is 0 Å². The Morgan fingerprint density at radius 2 is 1.85 bits per heavy atom. The lowest BCUT2D eigenvalue weighted by atomic mass is 10.1. The molecule has 5 nitrogen and oxygen atoms in total. The molecule has 0 aliphatic carbocycles. The monoisotopic (exact) mass is 342 g/mol. The largest absolute Gasteiger partial charge is 0.394 e. The molecule has 0 spiro atoms. The minimum Gasteiger partial charge on any atom is -0.394 e. The smallest absolute Gasteiger partial charge is 0.251 e. The molecule has 20 heavy (non-hydrogen) atoms. The number of hydrogen-bond acceptors (Lipinski definition) is 3. The van der Waals surface area contributed by atoms with Gasteiger partial charge in [-0.1, -0.05) is 15.9 Å². The summed E-state index contributed by atoms with van der Waals surface area (Å²) in [4.78, 5) is 23.4. The summed E-state index contributed by atoms with van der Waals surface area (Å²) in [6.45, 7) is 3.57. The molecule has 1 aromatic rings. The molecule has 0 saturated heterocycles. The van der Waals surface area contributed by atoms with Gasteiger partial charge < -0.3 is 15.7 Å². The Morgan fingerprint density at radius 1 is 1.25 bits per heavy atom. The molecule has 0 aliphatic rings. The molecule has 2 amide bonds. The van der Waals surface area contributed by atoms with Crippen molar-refractivity contribution in [2.24, 2.45) is 0 Å². The van der Waals surface area contributed by atoms with Crippen molar-refractivity contribution in [1.29, 1.82) is 0 Å². The van der Waals surface area contributed by atoms with Gasteiger partial charge in [0.15, 0.2) is 0 Å². The summed E-state index contributed by atoms with van der Waals surface area (Å²) < 4.78 is 0.902. The summed E-state index contributed by atoms with van der Waals surface area (Å²) in [7, 11) is 0. The number of aliphatic hydroxyl groups excluding tert-OH is 1. The van der Waals surface area contributed by atoms with Crippen LogP contribution in [0.4, 0.5) is 0 Å². The molecule has 110 valence electrons. The van der Waals surface area contributed by atoms with Gasteiger partial charge in [0, 0.05) is 23.0 Å². The van der Waals surface area contributed by atoms with Crippen LogP contribution in [0.1, 0.15) is 30.6 Å². The van der Waals surface area contributed by atoms with Crippen LogP contribution in [0.15, 0.2) is 28.7 Å². The van der Waals surface area contributed by atoms with Crippen LogP contribution in [0.2, 0.25) is 0 Å². The van der Waals surface area contributed by atoms with Crippen molar-refractivity contribution in [2.45, 2.75) is 25.8 Å². The number of carbonyl (C=O) groups excluding carboxylic acids is 2. The number of amides is 2. The number of carbonyl (C=O) groups is 2. The Balaban J connectivity index is 2.35. The van der Waals surface area contributed by atoms with E-state index in [2.05, 4.69) is 26.6 Å². The Kier molecular flexibility index (Phi) is 6.16. The standard InChI is InChI=1S/C14H19BrN2O3/c1-14(2,9-18)17-12(19)7-8-16-13(20)10-3-5-11(15)6-4-10/h3-6,18H,7-9H2,1-2H3,(H,16,20)(H,17,19). The van der Waals surface area contributed by atoms with Gasteiger partial charge in [0.2, 0.25) is 5.91 Å². The highest BCUT2D eigenvalue weighted by Gasteiger charge is 2.18. The van der Waals surface area contributed by atoms with E-state index in [0.29, 0.717) is 5.56 Å². The molecule has 0 aromatic heterocycles. The van der Waals surface area contributed by atoms with E-state index in [1.165, 1.54) is 0 Å². The lowest BCUT2D eigenvalue weighted by molar-refractivity contribution is -0.123. The van der Waals surface area contributed by atoms with Crippen molar-refractivity contribution in [3.63, 3.8) is 0 Å². The van der Waals surface area contributed by atoms with E-state index in [9.17, 15) is 9.59 Å². The SMILES string of the molecule is CC(C)(CO)NC(=O)CCNC(=O)c1ccc(Br)cc1. The molecule has 6 heteroatoms. The second-order valence-electron chi connectivity index (χ2n) is 5.10. The number of halogens is 1. The van der Waals surface area contributed by atoms with Gasteiger partial charge in [-0.15, -0.1) is 0 Å². The van der Waals surface area contributed by atoms with Crippen LogP contribution >= 0.6 is 15.9 Å². The van der Waals surface area contributed by atoms with Crippen LogP contribution in [-0.4, -0.2) is 35.6 Å². The van der Waals surface area contributed by atoms with E-state index in [1.807, 2.05) is 0 Å². The maximum Gasteiger partial charge on any atom is 0.251 e. The zero-order valence-corrected chi connectivity index (χ0v) is 13.2. The van der Waals surface area contributed by atoms with Gasteiger partial charge in [0.1, 0.15) is 0 Å². The molecule has 0 atom stereocenters. The molecule has 1 aromatic carbocycles. The summed E-state index contributed by atoms with van der Waals surface area (Å²) in [6, 6.07) is 6.97. The maximum atomic E-state index is 11.8. The van der Waals surface area contributed by atoms with Crippen LogP contribution in [0.5, 0.6) is 0 Å². The van der Waals surface area contributed by atoms with Crippen LogP contribution in [0, 0.1) is 0 Å². The zero-order valence-electron chi connectivity index (χ0n) is 11.6. The minimum atomic E-state index is -0.646. The highest BCUT2D eigenvalue weighted by molar-refractivity contribution is 9.10. The Hall–Kier alpha value is -1.40. The van der Waals surface area contributed by atoms with Crippen molar-refractivity contribution in [1.82, 2.24) is 10.6 Å².